The highest BCUT2D eigenvalue weighted by atomic mass is 32.2. The second-order valence-electron chi connectivity index (χ2n) is 6.31. The van der Waals surface area contributed by atoms with Crippen molar-refractivity contribution in [2.75, 3.05) is 20.3 Å². The third kappa shape index (κ3) is 5.08. The molecule has 7 nitrogen and oxygen atoms in total. The molecular weight excluding hydrogens is 416 g/mol. The van der Waals surface area contributed by atoms with Gasteiger partial charge in [-0.1, -0.05) is 18.1 Å². The van der Waals surface area contributed by atoms with E-state index >= 15 is 0 Å². The molecule has 0 atom stereocenters. The van der Waals surface area contributed by atoms with Crippen molar-refractivity contribution in [2.45, 2.75) is 6.92 Å². The summed E-state index contributed by atoms with van der Waals surface area (Å²) in [6.45, 7) is 2.41. The fraction of sp³-hybridized carbons (Fsp3) is 0.174. The van der Waals surface area contributed by atoms with Crippen molar-refractivity contribution in [1.29, 1.82) is 0 Å². The first-order valence-electron chi connectivity index (χ1n) is 9.34. The Labute approximate surface area is 184 Å². The summed E-state index contributed by atoms with van der Waals surface area (Å²) in [4.78, 5) is 30.6. The SMILES string of the molecule is C#CCOc1ccc(/C=C2\SC(=Nc3cccc(C(=O)O)c3)N(CC)C2=O)cc1OC. The van der Waals surface area contributed by atoms with Gasteiger partial charge in [0.1, 0.15) is 6.61 Å². The van der Waals surface area contributed by atoms with Gasteiger partial charge >= 0.3 is 5.97 Å². The van der Waals surface area contributed by atoms with Crippen molar-refractivity contribution in [2.24, 2.45) is 4.99 Å². The number of benzene rings is 2. The van der Waals surface area contributed by atoms with Crippen LogP contribution in [0.15, 0.2) is 52.4 Å². The van der Waals surface area contributed by atoms with E-state index < -0.39 is 5.97 Å². The van der Waals surface area contributed by atoms with E-state index in [1.54, 1.807) is 41.3 Å². The Morgan fingerprint density at radius 2 is 2.10 bits per heavy atom. The van der Waals surface area contributed by atoms with Crippen LogP contribution in [0.5, 0.6) is 11.5 Å². The fourth-order valence-corrected chi connectivity index (χ4v) is 3.92. The highest BCUT2D eigenvalue weighted by Gasteiger charge is 2.32. The lowest BCUT2D eigenvalue weighted by molar-refractivity contribution is -0.122. The molecule has 158 valence electrons. The first kappa shape index (κ1) is 22.0. The predicted molar refractivity (Wildman–Crippen MR) is 121 cm³/mol. The summed E-state index contributed by atoms with van der Waals surface area (Å²) in [6, 6.07) is 11.6. The second-order valence-corrected chi connectivity index (χ2v) is 7.32. The van der Waals surface area contributed by atoms with E-state index in [4.69, 9.17) is 15.9 Å². The Bertz CT molecular complexity index is 1120. The molecule has 2 aromatic carbocycles. The highest BCUT2D eigenvalue weighted by Crippen LogP contribution is 2.35. The number of carboxylic acid groups (broad SMARTS) is 1. The van der Waals surface area contributed by atoms with Crippen molar-refractivity contribution in [1.82, 2.24) is 4.90 Å². The number of carbonyl (C=O) groups excluding carboxylic acids is 1. The number of thioether (sulfide) groups is 1. The van der Waals surface area contributed by atoms with Crippen LogP contribution < -0.4 is 9.47 Å². The molecule has 1 fully saturated rings. The van der Waals surface area contributed by atoms with Crippen LogP contribution in [-0.2, 0) is 4.79 Å². The minimum atomic E-state index is -1.03. The Kier molecular flexibility index (Phi) is 7.00. The number of carbonyl (C=O) groups is 2. The van der Waals surface area contributed by atoms with Gasteiger partial charge in [0.15, 0.2) is 16.7 Å². The molecule has 31 heavy (non-hydrogen) atoms. The molecule has 0 spiro atoms. The quantitative estimate of drug-likeness (QED) is 0.521. The second kappa shape index (κ2) is 9.87. The average Bonchev–Trinajstić information content (AvgIpc) is 3.06. The van der Waals surface area contributed by atoms with Crippen LogP contribution >= 0.6 is 11.8 Å². The number of ether oxygens (including phenoxy) is 2. The lowest BCUT2D eigenvalue weighted by Crippen LogP contribution is -2.28. The number of carboxylic acids is 1. The van der Waals surface area contributed by atoms with Gasteiger partial charge in [0.2, 0.25) is 0 Å². The number of hydrogen-bond donors (Lipinski definition) is 1. The largest absolute Gasteiger partial charge is 0.493 e. The van der Waals surface area contributed by atoms with Crippen LogP contribution in [0.4, 0.5) is 5.69 Å². The van der Waals surface area contributed by atoms with Crippen molar-refractivity contribution >= 4 is 40.6 Å². The van der Waals surface area contributed by atoms with Gasteiger partial charge < -0.3 is 14.6 Å². The fourth-order valence-electron chi connectivity index (χ4n) is 2.85. The number of nitrogens with zero attached hydrogens (tertiary/aromatic N) is 2. The molecule has 1 amide bonds. The summed E-state index contributed by atoms with van der Waals surface area (Å²) in [5.41, 5.74) is 1.35. The molecule has 0 unspecified atom stereocenters. The van der Waals surface area contributed by atoms with Gasteiger partial charge in [0.05, 0.1) is 23.3 Å². The molecule has 0 aliphatic carbocycles. The maximum absolute atomic E-state index is 12.9. The summed E-state index contributed by atoms with van der Waals surface area (Å²) in [5.74, 6) is 2.22. The zero-order valence-corrected chi connectivity index (χ0v) is 17.8. The number of methoxy groups -OCH3 is 1. The van der Waals surface area contributed by atoms with E-state index in [1.165, 1.54) is 31.0 Å². The summed E-state index contributed by atoms with van der Waals surface area (Å²) in [7, 11) is 1.53. The molecule has 1 N–H and O–H groups in total. The maximum Gasteiger partial charge on any atom is 0.335 e. The van der Waals surface area contributed by atoms with Crippen LogP contribution in [0.25, 0.3) is 6.08 Å². The number of likely N-dealkylation sites (N-methyl/N-ethyl adjacent to an activating group) is 1. The van der Waals surface area contributed by atoms with Crippen molar-refractivity contribution in [3.05, 3.63) is 58.5 Å². The number of amidine groups is 1. The molecule has 0 aromatic heterocycles. The number of aliphatic imine (C=N–C) groups is 1. The van der Waals surface area contributed by atoms with Crippen LogP contribution in [0.3, 0.4) is 0 Å². The maximum atomic E-state index is 12.9. The van der Waals surface area contributed by atoms with E-state index in [-0.39, 0.29) is 18.1 Å². The van der Waals surface area contributed by atoms with E-state index in [1.807, 2.05) is 6.92 Å². The molecule has 0 saturated carbocycles. The number of terminal acetylenes is 1. The molecule has 1 heterocycles. The Morgan fingerprint density at radius 3 is 2.77 bits per heavy atom. The third-order valence-corrected chi connectivity index (χ3v) is 5.33. The molecule has 1 aliphatic heterocycles. The molecule has 1 saturated heterocycles. The summed E-state index contributed by atoms with van der Waals surface area (Å²) in [6.07, 6.45) is 6.98. The molecule has 8 heteroatoms. The van der Waals surface area contributed by atoms with E-state index in [0.29, 0.717) is 33.8 Å². The summed E-state index contributed by atoms with van der Waals surface area (Å²) in [5, 5.41) is 9.66. The normalized spacial score (nSPS) is 15.9. The predicted octanol–water partition coefficient (Wildman–Crippen LogP) is 4.03. The van der Waals surface area contributed by atoms with Gasteiger partial charge in [-0.3, -0.25) is 9.69 Å². The Balaban J connectivity index is 1.91. The van der Waals surface area contributed by atoms with Crippen LogP contribution in [0.1, 0.15) is 22.8 Å². The minimum absolute atomic E-state index is 0.125. The molecule has 0 radical (unpaired) electrons. The standard InChI is InChI=1S/C23H20N2O5S/c1-4-11-30-18-10-9-15(12-19(18)29-3)13-20-21(26)25(5-2)23(31-20)24-17-8-6-7-16(14-17)22(27)28/h1,6-10,12-14H,5,11H2,2-3H3,(H,27,28)/b20-13-,24-23?. The number of amides is 1. The molecular formula is C23H20N2O5S. The van der Waals surface area contributed by atoms with Crippen LogP contribution in [0.2, 0.25) is 0 Å². The summed E-state index contributed by atoms with van der Waals surface area (Å²) < 4.78 is 10.8. The van der Waals surface area contributed by atoms with Gasteiger partial charge in [0.25, 0.3) is 5.91 Å². The van der Waals surface area contributed by atoms with E-state index in [2.05, 4.69) is 10.9 Å². The van der Waals surface area contributed by atoms with Gasteiger partial charge in [-0.25, -0.2) is 9.79 Å². The zero-order chi connectivity index (χ0) is 22.4. The zero-order valence-electron chi connectivity index (χ0n) is 17.0. The molecule has 0 bridgehead atoms. The topological polar surface area (TPSA) is 88.4 Å². The summed E-state index contributed by atoms with van der Waals surface area (Å²) >= 11 is 1.23. The van der Waals surface area contributed by atoms with Crippen LogP contribution in [0, 0.1) is 12.3 Å². The Hall–Kier alpha value is -3.70. The molecule has 3 rings (SSSR count). The third-order valence-electron chi connectivity index (χ3n) is 4.32. The van der Waals surface area contributed by atoms with Crippen molar-refractivity contribution < 1.29 is 24.2 Å². The van der Waals surface area contributed by atoms with Gasteiger partial charge in [-0.15, -0.1) is 6.42 Å². The number of aromatic carboxylic acids is 1. The van der Waals surface area contributed by atoms with Gasteiger partial charge in [-0.05, 0) is 60.7 Å². The lowest BCUT2D eigenvalue weighted by atomic mass is 10.2. The van der Waals surface area contributed by atoms with Gasteiger partial charge in [0, 0.05) is 6.54 Å². The van der Waals surface area contributed by atoms with Crippen molar-refractivity contribution in [3.63, 3.8) is 0 Å². The molecule has 2 aromatic rings. The van der Waals surface area contributed by atoms with E-state index in [9.17, 15) is 14.7 Å². The van der Waals surface area contributed by atoms with Crippen molar-refractivity contribution in [3.8, 4) is 23.8 Å². The number of rotatable bonds is 7. The smallest absolute Gasteiger partial charge is 0.335 e. The van der Waals surface area contributed by atoms with Gasteiger partial charge in [-0.2, -0.15) is 0 Å². The highest BCUT2D eigenvalue weighted by molar-refractivity contribution is 8.18. The minimum Gasteiger partial charge on any atom is -0.493 e. The Morgan fingerprint density at radius 1 is 1.29 bits per heavy atom. The van der Waals surface area contributed by atoms with E-state index in [0.717, 1.165) is 5.56 Å². The monoisotopic (exact) mass is 436 g/mol. The molecule has 1 aliphatic rings. The van der Waals surface area contributed by atoms with Crippen LogP contribution in [-0.4, -0.2) is 47.3 Å². The lowest BCUT2D eigenvalue weighted by Gasteiger charge is -2.12. The average molecular weight is 436 g/mol. The first-order valence-corrected chi connectivity index (χ1v) is 10.2. The first-order chi connectivity index (χ1) is 15.0. The number of hydrogen-bond acceptors (Lipinski definition) is 6.